The Bertz CT molecular complexity index is 1270. The molecule has 1 N–H and O–H groups in total. The quantitative estimate of drug-likeness (QED) is 0.420. The Morgan fingerprint density at radius 2 is 1.53 bits per heavy atom. The summed E-state index contributed by atoms with van der Waals surface area (Å²) in [5.41, 5.74) is 9.58. The molecule has 3 nitrogen and oxygen atoms in total. The third kappa shape index (κ3) is 3.48. The van der Waals surface area contributed by atoms with Gasteiger partial charge in [0.2, 0.25) is 0 Å². The van der Waals surface area contributed by atoms with Crippen molar-refractivity contribution in [2.45, 2.75) is 34.6 Å². The maximum absolute atomic E-state index is 13.6. The van der Waals surface area contributed by atoms with Gasteiger partial charge in [0.1, 0.15) is 0 Å². The summed E-state index contributed by atoms with van der Waals surface area (Å²) in [6, 6.07) is 20.2. The molecule has 0 aliphatic rings. The third-order valence-electron chi connectivity index (χ3n) is 5.80. The van der Waals surface area contributed by atoms with Crippen LogP contribution in [0.1, 0.15) is 38.2 Å². The van der Waals surface area contributed by atoms with Gasteiger partial charge in [0.25, 0.3) is 5.91 Å². The van der Waals surface area contributed by atoms with E-state index in [4.69, 9.17) is 4.98 Å². The van der Waals surface area contributed by atoms with Crippen molar-refractivity contribution >= 4 is 22.5 Å². The number of amides is 1. The number of rotatable bonds is 3. The Morgan fingerprint density at radius 3 is 2.27 bits per heavy atom. The Hall–Kier alpha value is -3.46. The highest BCUT2D eigenvalue weighted by molar-refractivity contribution is 6.15. The highest BCUT2D eigenvalue weighted by Gasteiger charge is 2.21. The second kappa shape index (κ2) is 7.75. The molecule has 0 saturated carbocycles. The van der Waals surface area contributed by atoms with E-state index in [1.54, 1.807) is 0 Å². The predicted octanol–water partition coefficient (Wildman–Crippen LogP) is 6.70. The molecular weight excluding hydrogens is 368 g/mol. The number of carbonyl (C=O) groups excluding carboxylic acids is 1. The number of pyridine rings is 1. The van der Waals surface area contributed by atoms with Crippen LogP contribution in [0.5, 0.6) is 0 Å². The maximum atomic E-state index is 13.6. The summed E-state index contributed by atoms with van der Waals surface area (Å²) in [6.45, 7) is 10.2. The number of aromatic nitrogens is 1. The molecule has 1 aromatic heterocycles. The second-order valence-electron chi connectivity index (χ2n) is 8.01. The summed E-state index contributed by atoms with van der Waals surface area (Å²) in [6.07, 6.45) is 0. The number of nitrogens with zero attached hydrogens (tertiary/aromatic N) is 1. The summed E-state index contributed by atoms with van der Waals surface area (Å²) in [5.74, 6) is -0.101. The van der Waals surface area contributed by atoms with Crippen molar-refractivity contribution in [1.82, 2.24) is 4.98 Å². The standard InChI is InChI=1S/C27H26N2O/c1-16-14-18(3)25-22(15-16)24(20(5)26(29-25)21-11-7-6-8-12-21)27(30)28-23-13-9-10-17(2)19(23)4/h6-15H,1-5H3,(H,28,30). The average molecular weight is 395 g/mol. The molecule has 0 fully saturated rings. The molecule has 0 aliphatic heterocycles. The van der Waals surface area contributed by atoms with Gasteiger partial charge in [-0.05, 0) is 69.0 Å². The molecule has 1 amide bonds. The molecule has 150 valence electrons. The topological polar surface area (TPSA) is 42.0 Å². The van der Waals surface area contributed by atoms with Crippen LogP contribution >= 0.6 is 0 Å². The van der Waals surface area contributed by atoms with Crippen LogP contribution in [-0.4, -0.2) is 10.9 Å². The van der Waals surface area contributed by atoms with Gasteiger partial charge < -0.3 is 5.32 Å². The fraction of sp³-hybridized carbons (Fsp3) is 0.185. The van der Waals surface area contributed by atoms with Crippen molar-refractivity contribution in [3.8, 4) is 11.3 Å². The van der Waals surface area contributed by atoms with Crippen LogP contribution in [-0.2, 0) is 0 Å². The van der Waals surface area contributed by atoms with E-state index < -0.39 is 0 Å². The van der Waals surface area contributed by atoms with Gasteiger partial charge in [0.15, 0.2) is 0 Å². The molecule has 1 heterocycles. The summed E-state index contributed by atoms with van der Waals surface area (Å²) < 4.78 is 0. The van der Waals surface area contributed by atoms with E-state index in [0.29, 0.717) is 5.56 Å². The summed E-state index contributed by atoms with van der Waals surface area (Å²) in [7, 11) is 0. The van der Waals surface area contributed by atoms with Crippen molar-refractivity contribution in [3.63, 3.8) is 0 Å². The van der Waals surface area contributed by atoms with Gasteiger partial charge in [0, 0.05) is 16.6 Å². The van der Waals surface area contributed by atoms with E-state index >= 15 is 0 Å². The lowest BCUT2D eigenvalue weighted by Crippen LogP contribution is -2.16. The minimum atomic E-state index is -0.101. The Labute approximate surface area is 177 Å². The van der Waals surface area contributed by atoms with Gasteiger partial charge in [0.05, 0.1) is 16.8 Å². The number of anilines is 1. The van der Waals surface area contributed by atoms with Crippen LogP contribution in [0.3, 0.4) is 0 Å². The van der Waals surface area contributed by atoms with Crippen LogP contribution < -0.4 is 5.32 Å². The van der Waals surface area contributed by atoms with Gasteiger partial charge in [-0.1, -0.05) is 54.1 Å². The van der Waals surface area contributed by atoms with E-state index in [2.05, 4.69) is 44.3 Å². The van der Waals surface area contributed by atoms with Crippen molar-refractivity contribution < 1.29 is 4.79 Å². The van der Waals surface area contributed by atoms with E-state index in [0.717, 1.165) is 55.7 Å². The predicted molar refractivity (Wildman–Crippen MR) is 125 cm³/mol. The minimum Gasteiger partial charge on any atom is -0.322 e. The summed E-state index contributed by atoms with van der Waals surface area (Å²) in [4.78, 5) is 18.6. The molecule has 0 unspecified atom stereocenters. The lowest BCUT2D eigenvalue weighted by atomic mass is 9.94. The van der Waals surface area contributed by atoms with Crippen LogP contribution in [0.4, 0.5) is 5.69 Å². The zero-order chi connectivity index (χ0) is 21.4. The van der Waals surface area contributed by atoms with Crippen molar-refractivity contribution in [2.75, 3.05) is 5.32 Å². The molecule has 0 atom stereocenters. The smallest absolute Gasteiger partial charge is 0.256 e. The van der Waals surface area contributed by atoms with E-state index in [1.165, 1.54) is 0 Å². The second-order valence-corrected chi connectivity index (χ2v) is 8.01. The zero-order valence-corrected chi connectivity index (χ0v) is 18.1. The fourth-order valence-electron chi connectivity index (χ4n) is 4.06. The van der Waals surface area contributed by atoms with E-state index in [9.17, 15) is 4.79 Å². The minimum absolute atomic E-state index is 0.101. The first kappa shape index (κ1) is 19.8. The normalized spacial score (nSPS) is 11.0. The number of hydrogen-bond donors (Lipinski definition) is 1. The summed E-state index contributed by atoms with van der Waals surface area (Å²) in [5, 5.41) is 4.05. The van der Waals surface area contributed by atoms with Gasteiger partial charge in [-0.25, -0.2) is 4.98 Å². The SMILES string of the molecule is Cc1cc(C)c2nc(-c3ccccc3)c(C)c(C(=O)Nc3cccc(C)c3C)c2c1. The number of fused-ring (bicyclic) bond motifs is 1. The van der Waals surface area contributed by atoms with Crippen LogP contribution in [0, 0.1) is 34.6 Å². The molecule has 30 heavy (non-hydrogen) atoms. The molecule has 0 radical (unpaired) electrons. The lowest BCUT2D eigenvalue weighted by molar-refractivity contribution is 0.102. The number of nitrogens with one attached hydrogen (secondary N) is 1. The van der Waals surface area contributed by atoms with E-state index in [1.807, 2.05) is 56.3 Å². The molecule has 0 aliphatic carbocycles. The summed E-state index contributed by atoms with van der Waals surface area (Å²) >= 11 is 0. The third-order valence-corrected chi connectivity index (χ3v) is 5.80. The molecule has 0 bridgehead atoms. The monoisotopic (exact) mass is 394 g/mol. The van der Waals surface area contributed by atoms with Gasteiger partial charge in [-0.2, -0.15) is 0 Å². The molecule has 0 spiro atoms. The first-order chi connectivity index (χ1) is 14.4. The molecule has 4 aromatic rings. The van der Waals surface area contributed by atoms with Gasteiger partial charge >= 0.3 is 0 Å². The number of benzene rings is 3. The first-order valence-electron chi connectivity index (χ1n) is 10.2. The largest absolute Gasteiger partial charge is 0.322 e. The fourth-order valence-corrected chi connectivity index (χ4v) is 4.06. The zero-order valence-electron chi connectivity index (χ0n) is 18.1. The Morgan fingerprint density at radius 1 is 0.800 bits per heavy atom. The molecular formula is C27H26N2O. The van der Waals surface area contributed by atoms with Crippen LogP contribution in [0.25, 0.3) is 22.2 Å². The average Bonchev–Trinajstić information content (AvgIpc) is 2.71. The number of carbonyl (C=O) groups is 1. The Kier molecular flexibility index (Phi) is 5.13. The van der Waals surface area contributed by atoms with Gasteiger partial charge in [-0.3, -0.25) is 4.79 Å². The highest BCUT2D eigenvalue weighted by Crippen LogP contribution is 2.32. The highest BCUT2D eigenvalue weighted by atomic mass is 16.1. The van der Waals surface area contributed by atoms with Crippen LogP contribution in [0.2, 0.25) is 0 Å². The van der Waals surface area contributed by atoms with Crippen molar-refractivity contribution in [3.05, 3.63) is 94.0 Å². The molecule has 3 heteroatoms. The number of hydrogen-bond acceptors (Lipinski definition) is 2. The van der Waals surface area contributed by atoms with E-state index in [-0.39, 0.29) is 5.91 Å². The first-order valence-corrected chi connectivity index (χ1v) is 10.2. The number of aryl methyl sites for hydroxylation is 3. The van der Waals surface area contributed by atoms with Crippen LogP contribution in [0.15, 0.2) is 60.7 Å². The molecule has 3 aromatic carbocycles. The van der Waals surface area contributed by atoms with Gasteiger partial charge in [-0.15, -0.1) is 0 Å². The Balaban J connectivity index is 1.96. The van der Waals surface area contributed by atoms with Crippen molar-refractivity contribution in [1.29, 1.82) is 0 Å². The maximum Gasteiger partial charge on any atom is 0.256 e. The lowest BCUT2D eigenvalue weighted by Gasteiger charge is -2.17. The molecule has 4 rings (SSSR count). The van der Waals surface area contributed by atoms with Crippen molar-refractivity contribution in [2.24, 2.45) is 0 Å². The molecule has 0 saturated heterocycles.